The zero-order valence-corrected chi connectivity index (χ0v) is 20.9. The van der Waals surface area contributed by atoms with Crippen LogP contribution in [0.4, 0.5) is 5.69 Å². The number of hydrogen-bond donors (Lipinski definition) is 2. The fraction of sp³-hybridized carbons (Fsp3) is 0.731. The SMILES string of the molecule is CCCCCCCCCCCCCCCCCCCC(=O)Nc1ccccc1S(=O)(=O)O. The van der Waals surface area contributed by atoms with Gasteiger partial charge in [-0.3, -0.25) is 9.35 Å². The summed E-state index contributed by atoms with van der Waals surface area (Å²) in [6.45, 7) is 2.27. The van der Waals surface area contributed by atoms with E-state index in [4.69, 9.17) is 0 Å². The molecule has 6 heteroatoms. The van der Waals surface area contributed by atoms with Crippen LogP contribution in [0.2, 0.25) is 0 Å². The first-order valence-electron chi connectivity index (χ1n) is 12.8. The molecule has 0 radical (unpaired) electrons. The summed E-state index contributed by atoms with van der Waals surface area (Å²) in [6, 6.07) is 5.89. The Morgan fingerprint density at radius 2 is 1.12 bits per heavy atom. The van der Waals surface area contributed by atoms with E-state index in [9.17, 15) is 17.8 Å². The normalized spacial score (nSPS) is 11.6. The molecule has 0 aliphatic carbocycles. The number of anilines is 1. The highest BCUT2D eigenvalue weighted by atomic mass is 32.2. The minimum atomic E-state index is -4.35. The van der Waals surface area contributed by atoms with Crippen LogP contribution in [-0.4, -0.2) is 18.9 Å². The maximum Gasteiger partial charge on any atom is 0.296 e. The quantitative estimate of drug-likeness (QED) is 0.151. The van der Waals surface area contributed by atoms with Crippen LogP contribution in [0.5, 0.6) is 0 Å². The average Bonchev–Trinajstić information content (AvgIpc) is 2.75. The monoisotopic (exact) mass is 467 g/mol. The maximum atomic E-state index is 12.1. The zero-order chi connectivity index (χ0) is 23.5. The molecule has 0 saturated carbocycles. The van der Waals surface area contributed by atoms with Crippen molar-refractivity contribution in [2.75, 3.05) is 5.32 Å². The van der Waals surface area contributed by atoms with Crippen LogP contribution in [0.15, 0.2) is 29.2 Å². The second-order valence-electron chi connectivity index (χ2n) is 8.93. The van der Waals surface area contributed by atoms with Gasteiger partial charge in [0.05, 0.1) is 5.69 Å². The van der Waals surface area contributed by atoms with Crippen LogP contribution in [0.1, 0.15) is 122 Å². The van der Waals surface area contributed by atoms with Crippen molar-refractivity contribution in [2.45, 2.75) is 127 Å². The Kier molecular flexibility index (Phi) is 16.2. The van der Waals surface area contributed by atoms with Crippen LogP contribution in [0.3, 0.4) is 0 Å². The van der Waals surface area contributed by atoms with E-state index in [0.29, 0.717) is 6.42 Å². The third-order valence-electron chi connectivity index (χ3n) is 5.95. The number of amides is 1. The second kappa shape index (κ2) is 18.1. The molecule has 0 atom stereocenters. The van der Waals surface area contributed by atoms with Crippen LogP contribution in [-0.2, 0) is 14.9 Å². The number of carbonyl (C=O) groups is 1. The number of rotatable bonds is 20. The van der Waals surface area contributed by atoms with Crippen molar-refractivity contribution in [3.05, 3.63) is 24.3 Å². The predicted octanol–water partition coefficient (Wildman–Crippen LogP) is 7.91. The molecule has 0 spiro atoms. The molecule has 0 aliphatic rings. The first kappa shape index (κ1) is 28.6. The summed E-state index contributed by atoms with van der Waals surface area (Å²) in [7, 11) is -4.35. The van der Waals surface area contributed by atoms with Crippen molar-refractivity contribution in [2.24, 2.45) is 0 Å². The topological polar surface area (TPSA) is 83.5 Å². The first-order valence-corrected chi connectivity index (χ1v) is 14.3. The molecule has 5 nitrogen and oxygen atoms in total. The Morgan fingerprint density at radius 3 is 1.56 bits per heavy atom. The van der Waals surface area contributed by atoms with Gasteiger partial charge in [-0.2, -0.15) is 8.42 Å². The van der Waals surface area contributed by atoms with Gasteiger partial charge in [-0.1, -0.05) is 122 Å². The lowest BCUT2D eigenvalue weighted by molar-refractivity contribution is -0.116. The Hall–Kier alpha value is -1.40. The third kappa shape index (κ3) is 14.6. The fourth-order valence-electron chi connectivity index (χ4n) is 4.02. The zero-order valence-electron chi connectivity index (χ0n) is 20.1. The maximum absolute atomic E-state index is 12.1. The summed E-state index contributed by atoms with van der Waals surface area (Å²) in [5.41, 5.74) is 0.131. The highest BCUT2D eigenvalue weighted by Crippen LogP contribution is 2.21. The van der Waals surface area contributed by atoms with Crippen molar-refractivity contribution in [3.8, 4) is 0 Å². The van der Waals surface area contributed by atoms with Crippen molar-refractivity contribution in [1.82, 2.24) is 0 Å². The van der Waals surface area contributed by atoms with E-state index in [1.54, 1.807) is 6.07 Å². The van der Waals surface area contributed by atoms with E-state index >= 15 is 0 Å². The summed E-state index contributed by atoms with van der Waals surface area (Å²) < 4.78 is 32.0. The van der Waals surface area contributed by atoms with E-state index in [2.05, 4.69) is 12.2 Å². The molecule has 0 saturated heterocycles. The van der Waals surface area contributed by atoms with Gasteiger partial charge in [0, 0.05) is 6.42 Å². The summed E-state index contributed by atoms with van der Waals surface area (Å²) in [4.78, 5) is 11.8. The molecule has 0 heterocycles. The Balaban J connectivity index is 1.93. The summed E-state index contributed by atoms with van der Waals surface area (Å²) in [5, 5.41) is 2.59. The molecule has 0 aliphatic heterocycles. The number of benzene rings is 1. The second-order valence-corrected chi connectivity index (χ2v) is 10.3. The lowest BCUT2D eigenvalue weighted by Gasteiger charge is -2.09. The third-order valence-corrected chi connectivity index (χ3v) is 6.86. The Labute approximate surface area is 196 Å². The van der Waals surface area contributed by atoms with E-state index in [0.717, 1.165) is 19.3 Å². The van der Waals surface area contributed by atoms with Gasteiger partial charge < -0.3 is 5.32 Å². The van der Waals surface area contributed by atoms with E-state index < -0.39 is 10.1 Å². The number of para-hydroxylation sites is 1. The molecule has 0 aromatic heterocycles. The predicted molar refractivity (Wildman–Crippen MR) is 134 cm³/mol. The van der Waals surface area contributed by atoms with Gasteiger partial charge in [-0.15, -0.1) is 0 Å². The molecule has 1 rings (SSSR count). The number of hydrogen-bond acceptors (Lipinski definition) is 3. The smallest absolute Gasteiger partial charge is 0.296 e. The molecule has 32 heavy (non-hydrogen) atoms. The summed E-state index contributed by atoms with van der Waals surface area (Å²) in [5.74, 6) is -0.220. The lowest BCUT2D eigenvalue weighted by atomic mass is 10.0. The molecule has 1 amide bonds. The van der Waals surface area contributed by atoms with Gasteiger partial charge in [0.2, 0.25) is 5.91 Å². The van der Waals surface area contributed by atoms with Crippen molar-refractivity contribution < 1.29 is 17.8 Å². The minimum absolute atomic E-state index is 0.131. The van der Waals surface area contributed by atoms with Gasteiger partial charge in [-0.25, -0.2) is 0 Å². The van der Waals surface area contributed by atoms with Crippen molar-refractivity contribution >= 4 is 21.7 Å². The number of carbonyl (C=O) groups excluding carboxylic acids is 1. The number of nitrogens with one attached hydrogen (secondary N) is 1. The standard InChI is InChI=1S/C26H45NO4S/c1-2-3-4-5-6-7-8-9-10-11-12-13-14-15-16-17-18-23-26(28)27-24-21-19-20-22-25(24)32(29,30)31/h19-22H,2-18,23H2,1H3,(H,27,28)(H,29,30,31). The van der Waals surface area contributed by atoms with Gasteiger partial charge >= 0.3 is 0 Å². The summed E-state index contributed by atoms with van der Waals surface area (Å²) in [6.07, 6.45) is 22.3. The summed E-state index contributed by atoms with van der Waals surface area (Å²) >= 11 is 0. The van der Waals surface area contributed by atoms with E-state index in [1.807, 2.05) is 0 Å². The molecule has 1 aromatic carbocycles. The highest BCUT2D eigenvalue weighted by Gasteiger charge is 2.16. The molecule has 184 valence electrons. The van der Waals surface area contributed by atoms with Crippen LogP contribution in [0.25, 0.3) is 0 Å². The molecule has 2 N–H and O–H groups in total. The highest BCUT2D eigenvalue weighted by molar-refractivity contribution is 7.86. The average molecular weight is 468 g/mol. The Bertz CT molecular complexity index is 718. The van der Waals surface area contributed by atoms with Crippen molar-refractivity contribution in [1.29, 1.82) is 0 Å². The van der Waals surface area contributed by atoms with Gasteiger partial charge in [0.1, 0.15) is 4.90 Å². The molecular formula is C26H45NO4S. The molecule has 0 bridgehead atoms. The van der Waals surface area contributed by atoms with Gasteiger partial charge in [0.25, 0.3) is 10.1 Å². The number of unbranched alkanes of at least 4 members (excludes halogenated alkanes) is 16. The Morgan fingerprint density at radius 1 is 0.719 bits per heavy atom. The van der Waals surface area contributed by atoms with Crippen LogP contribution >= 0.6 is 0 Å². The minimum Gasteiger partial charge on any atom is -0.325 e. The van der Waals surface area contributed by atoms with E-state index in [-0.39, 0.29) is 16.5 Å². The van der Waals surface area contributed by atoms with Crippen LogP contribution < -0.4 is 5.32 Å². The fourth-order valence-corrected chi connectivity index (χ4v) is 4.67. The molecular weight excluding hydrogens is 422 g/mol. The van der Waals surface area contributed by atoms with E-state index in [1.165, 1.54) is 108 Å². The lowest BCUT2D eigenvalue weighted by Crippen LogP contribution is -2.14. The first-order chi connectivity index (χ1) is 15.4. The van der Waals surface area contributed by atoms with Gasteiger partial charge in [0.15, 0.2) is 0 Å². The molecule has 0 fully saturated rings. The van der Waals surface area contributed by atoms with Gasteiger partial charge in [-0.05, 0) is 18.6 Å². The molecule has 0 unspecified atom stereocenters. The largest absolute Gasteiger partial charge is 0.325 e. The molecule has 1 aromatic rings. The van der Waals surface area contributed by atoms with Crippen molar-refractivity contribution in [3.63, 3.8) is 0 Å². The van der Waals surface area contributed by atoms with Crippen LogP contribution in [0, 0.1) is 0 Å².